The molecule has 1 fully saturated rings. The topological polar surface area (TPSA) is 26.0 Å². The maximum Gasteiger partial charge on any atom is 0.0590 e. The molecule has 2 rings (SSSR count). The average Bonchev–Trinajstić information content (AvgIpc) is 2.82. The Morgan fingerprint density at radius 3 is 2.85 bits per heavy atom. The summed E-state index contributed by atoms with van der Waals surface area (Å²) in [4.78, 5) is 1.17. The fraction of sp³-hybridized carbons (Fsp3) is 0.600. The lowest BCUT2D eigenvalue weighted by Crippen LogP contribution is -2.09. The Kier molecular flexibility index (Phi) is 2.63. The highest BCUT2D eigenvalue weighted by Gasteiger charge is 2.26. The molecule has 72 valence electrons. The van der Waals surface area contributed by atoms with Gasteiger partial charge in [0, 0.05) is 10.9 Å². The smallest absolute Gasteiger partial charge is 0.0590 e. The average molecular weight is 216 g/mol. The van der Waals surface area contributed by atoms with Crippen LogP contribution in [-0.2, 0) is 0 Å². The van der Waals surface area contributed by atoms with Gasteiger partial charge in [-0.05, 0) is 30.2 Å². The van der Waals surface area contributed by atoms with Crippen molar-refractivity contribution in [3.8, 4) is 0 Å². The highest BCUT2D eigenvalue weighted by molar-refractivity contribution is 7.10. The fourth-order valence-corrected chi connectivity index (χ4v) is 2.87. The SMILES string of the molecule is Cc1csc(C(N)CC2CC2)c1Cl. The van der Waals surface area contributed by atoms with Gasteiger partial charge >= 0.3 is 0 Å². The third kappa shape index (κ3) is 2.06. The van der Waals surface area contributed by atoms with Gasteiger partial charge in [0.1, 0.15) is 0 Å². The Bertz CT molecular complexity index is 304. The Hall–Kier alpha value is -0.0500. The number of hydrogen-bond donors (Lipinski definition) is 1. The first kappa shape index (κ1) is 9.50. The summed E-state index contributed by atoms with van der Waals surface area (Å²) in [5.41, 5.74) is 7.24. The van der Waals surface area contributed by atoms with Crippen LogP contribution in [0.4, 0.5) is 0 Å². The van der Waals surface area contributed by atoms with Crippen molar-refractivity contribution in [2.75, 3.05) is 0 Å². The molecule has 0 amide bonds. The number of hydrogen-bond acceptors (Lipinski definition) is 2. The highest BCUT2D eigenvalue weighted by atomic mass is 35.5. The number of aryl methyl sites for hydroxylation is 1. The quantitative estimate of drug-likeness (QED) is 0.821. The first-order valence-electron chi connectivity index (χ1n) is 4.67. The van der Waals surface area contributed by atoms with Crippen molar-refractivity contribution < 1.29 is 0 Å². The molecule has 0 bridgehead atoms. The van der Waals surface area contributed by atoms with E-state index in [0.717, 1.165) is 22.9 Å². The zero-order valence-electron chi connectivity index (χ0n) is 7.72. The fourth-order valence-electron chi connectivity index (χ4n) is 1.52. The zero-order chi connectivity index (χ0) is 9.42. The van der Waals surface area contributed by atoms with Gasteiger partial charge in [-0.15, -0.1) is 11.3 Å². The summed E-state index contributed by atoms with van der Waals surface area (Å²) in [6.45, 7) is 2.03. The van der Waals surface area contributed by atoms with Gasteiger partial charge in [0.25, 0.3) is 0 Å². The maximum atomic E-state index is 6.14. The van der Waals surface area contributed by atoms with E-state index in [4.69, 9.17) is 17.3 Å². The van der Waals surface area contributed by atoms with Gasteiger partial charge in [-0.2, -0.15) is 0 Å². The molecule has 0 spiro atoms. The van der Waals surface area contributed by atoms with Crippen molar-refractivity contribution in [1.82, 2.24) is 0 Å². The Morgan fingerprint density at radius 1 is 1.69 bits per heavy atom. The van der Waals surface area contributed by atoms with E-state index >= 15 is 0 Å². The van der Waals surface area contributed by atoms with Crippen LogP contribution in [0, 0.1) is 12.8 Å². The van der Waals surface area contributed by atoms with Gasteiger partial charge < -0.3 is 5.73 Å². The van der Waals surface area contributed by atoms with Crippen molar-refractivity contribution in [3.63, 3.8) is 0 Å². The molecule has 13 heavy (non-hydrogen) atoms. The van der Waals surface area contributed by atoms with Crippen LogP contribution in [0.15, 0.2) is 5.38 Å². The third-order valence-electron chi connectivity index (χ3n) is 2.55. The van der Waals surface area contributed by atoms with Gasteiger partial charge in [-0.25, -0.2) is 0 Å². The molecule has 1 nitrogen and oxygen atoms in total. The van der Waals surface area contributed by atoms with E-state index in [0.29, 0.717) is 0 Å². The number of nitrogens with two attached hydrogens (primary N) is 1. The standard InChI is InChI=1S/C10H14ClNS/c1-6-5-13-10(9(6)11)8(12)4-7-2-3-7/h5,7-8H,2-4,12H2,1H3. The van der Waals surface area contributed by atoms with Crippen molar-refractivity contribution in [2.24, 2.45) is 11.7 Å². The summed E-state index contributed by atoms with van der Waals surface area (Å²) in [5, 5.41) is 2.97. The van der Waals surface area contributed by atoms with Gasteiger partial charge in [0.2, 0.25) is 0 Å². The van der Waals surface area contributed by atoms with Crippen molar-refractivity contribution in [2.45, 2.75) is 32.2 Å². The summed E-state index contributed by atoms with van der Waals surface area (Å²) < 4.78 is 0. The zero-order valence-corrected chi connectivity index (χ0v) is 9.29. The second-order valence-corrected chi connectivity index (χ2v) is 5.17. The van der Waals surface area contributed by atoms with Crippen LogP contribution in [0.3, 0.4) is 0 Å². The predicted molar refractivity (Wildman–Crippen MR) is 58.3 cm³/mol. The molecule has 3 heteroatoms. The lowest BCUT2D eigenvalue weighted by Gasteiger charge is -2.08. The summed E-state index contributed by atoms with van der Waals surface area (Å²) in [6, 6.07) is 0.165. The van der Waals surface area contributed by atoms with Crippen LogP contribution in [0.25, 0.3) is 0 Å². The van der Waals surface area contributed by atoms with Crippen LogP contribution in [0.1, 0.15) is 35.7 Å². The summed E-state index contributed by atoms with van der Waals surface area (Å²) >= 11 is 7.84. The van der Waals surface area contributed by atoms with Gasteiger partial charge in [-0.3, -0.25) is 0 Å². The molecule has 0 aromatic carbocycles. The van der Waals surface area contributed by atoms with Gasteiger partial charge in [0.15, 0.2) is 0 Å². The van der Waals surface area contributed by atoms with E-state index in [1.807, 2.05) is 6.92 Å². The third-order valence-corrected chi connectivity index (χ3v) is 4.39. The summed E-state index contributed by atoms with van der Waals surface area (Å²) in [5.74, 6) is 0.869. The van der Waals surface area contributed by atoms with Crippen LogP contribution in [0.2, 0.25) is 5.02 Å². The van der Waals surface area contributed by atoms with Crippen molar-refractivity contribution in [1.29, 1.82) is 0 Å². The lowest BCUT2D eigenvalue weighted by molar-refractivity contribution is 0.605. The van der Waals surface area contributed by atoms with E-state index < -0.39 is 0 Å². The number of halogens is 1. The number of rotatable bonds is 3. The first-order chi connectivity index (χ1) is 6.18. The highest BCUT2D eigenvalue weighted by Crippen LogP contribution is 2.40. The molecule has 1 atom stereocenters. The molecule has 0 aliphatic heterocycles. The molecular weight excluding hydrogens is 202 g/mol. The monoisotopic (exact) mass is 215 g/mol. The van der Waals surface area contributed by atoms with Crippen molar-refractivity contribution >= 4 is 22.9 Å². The minimum Gasteiger partial charge on any atom is -0.323 e. The van der Waals surface area contributed by atoms with Crippen molar-refractivity contribution in [3.05, 3.63) is 20.8 Å². The Labute approximate surface area is 87.9 Å². The van der Waals surface area contributed by atoms with E-state index in [1.54, 1.807) is 11.3 Å². The number of thiophene rings is 1. The van der Waals surface area contributed by atoms with Crippen LogP contribution < -0.4 is 5.73 Å². The molecule has 1 aliphatic rings. The van der Waals surface area contributed by atoms with Gasteiger partial charge in [-0.1, -0.05) is 24.4 Å². The molecular formula is C10H14ClNS. The minimum atomic E-state index is 0.165. The molecule has 0 radical (unpaired) electrons. The molecule has 0 saturated heterocycles. The van der Waals surface area contributed by atoms with Crippen LogP contribution in [-0.4, -0.2) is 0 Å². The van der Waals surface area contributed by atoms with Crippen LogP contribution in [0.5, 0.6) is 0 Å². The molecule has 1 saturated carbocycles. The Balaban J connectivity index is 2.09. The normalized spacial score (nSPS) is 19.0. The second kappa shape index (κ2) is 3.60. The van der Waals surface area contributed by atoms with Gasteiger partial charge in [0.05, 0.1) is 5.02 Å². The predicted octanol–water partition coefficient (Wildman–Crippen LogP) is 3.51. The molecule has 1 aromatic heterocycles. The second-order valence-electron chi connectivity index (χ2n) is 3.88. The maximum absolute atomic E-state index is 6.14. The molecule has 1 aromatic rings. The molecule has 1 heterocycles. The van der Waals surface area contributed by atoms with E-state index in [-0.39, 0.29) is 6.04 Å². The lowest BCUT2D eigenvalue weighted by atomic mass is 10.1. The van der Waals surface area contributed by atoms with E-state index in [2.05, 4.69) is 5.38 Å². The Morgan fingerprint density at radius 2 is 2.38 bits per heavy atom. The van der Waals surface area contributed by atoms with E-state index in [1.165, 1.54) is 17.7 Å². The first-order valence-corrected chi connectivity index (χ1v) is 5.93. The molecule has 1 aliphatic carbocycles. The largest absolute Gasteiger partial charge is 0.323 e. The summed E-state index contributed by atoms with van der Waals surface area (Å²) in [6.07, 6.45) is 3.82. The molecule has 2 N–H and O–H groups in total. The van der Waals surface area contributed by atoms with Crippen LogP contribution >= 0.6 is 22.9 Å². The summed E-state index contributed by atoms with van der Waals surface area (Å²) in [7, 11) is 0. The van der Waals surface area contributed by atoms with E-state index in [9.17, 15) is 0 Å². The molecule has 1 unspecified atom stereocenters. The minimum absolute atomic E-state index is 0.165.